The lowest BCUT2D eigenvalue weighted by atomic mass is 10.2. The van der Waals surface area contributed by atoms with Crippen LogP contribution < -0.4 is 5.32 Å². The van der Waals surface area contributed by atoms with Crippen LogP contribution in [0.25, 0.3) is 0 Å². The number of nitrogens with one attached hydrogen (secondary N) is 1. The Hall–Kier alpha value is -0.810. The van der Waals surface area contributed by atoms with Crippen LogP contribution in [-0.4, -0.2) is 23.5 Å². The highest BCUT2D eigenvalue weighted by molar-refractivity contribution is 7.99. The van der Waals surface area contributed by atoms with Crippen LogP contribution in [-0.2, 0) is 0 Å². The molecular formula is C11H15F2NOS. The van der Waals surface area contributed by atoms with Gasteiger partial charge in [0.15, 0.2) is 0 Å². The fourth-order valence-electron chi connectivity index (χ4n) is 1.18. The minimum absolute atomic E-state index is 0.372. The lowest BCUT2D eigenvalue weighted by Gasteiger charge is -2.13. The first-order valence-electron chi connectivity index (χ1n) is 5.09. The largest absolute Gasteiger partial charge is 0.391 e. The average Bonchev–Trinajstić information content (AvgIpc) is 2.26. The standard InChI is InChI=1S/C11H15F2NOS/c1-2-8(15)7-14-9-5-3-4-6-10(9)16-11(12)13/h3-6,8,11,14-15H,2,7H2,1H3. The third kappa shape index (κ3) is 4.37. The molecule has 5 heteroatoms. The number of hydrogen-bond donors (Lipinski definition) is 2. The number of rotatable bonds is 6. The van der Waals surface area contributed by atoms with Crippen molar-refractivity contribution >= 4 is 17.4 Å². The van der Waals surface area contributed by atoms with Gasteiger partial charge in [-0.05, 0) is 18.6 Å². The predicted octanol–water partition coefficient (Wildman–Crippen LogP) is 3.18. The van der Waals surface area contributed by atoms with Crippen molar-refractivity contribution in [3.63, 3.8) is 0 Å². The molecule has 0 fully saturated rings. The number of halogens is 2. The SMILES string of the molecule is CCC(O)CNc1ccccc1SC(F)F. The third-order valence-electron chi connectivity index (χ3n) is 2.10. The summed E-state index contributed by atoms with van der Waals surface area (Å²) in [5.74, 6) is -2.43. The molecule has 90 valence electrons. The molecule has 0 bridgehead atoms. The predicted molar refractivity (Wildman–Crippen MR) is 63.1 cm³/mol. The van der Waals surface area contributed by atoms with Gasteiger partial charge in [-0.1, -0.05) is 30.8 Å². The maximum Gasteiger partial charge on any atom is 0.288 e. The van der Waals surface area contributed by atoms with Crippen LogP contribution in [0.15, 0.2) is 29.2 Å². The molecule has 2 N–H and O–H groups in total. The van der Waals surface area contributed by atoms with E-state index >= 15 is 0 Å². The zero-order valence-corrected chi connectivity index (χ0v) is 9.81. The second-order valence-electron chi connectivity index (χ2n) is 3.32. The Morgan fingerprint density at radius 1 is 1.38 bits per heavy atom. The molecule has 1 aromatic carbocycles. The topological polar surface area (TPSA) is 32.3 Å². The van der Waals surface area contributed by atoms with Gasteiger partial charge in [-0.3, -0.25) is 0 Å². The van der Waals surface area contributed by atoms with Crippen LogP contribution >= 0.6 is 11.8 Å². The molecule has 0 radical (unpaired) electrons. The van der Waals surface area contributed by atoms with Gasteiger partial charge in [0, 0.05) is 17.1 Å². The normalized spacial score (nSPS) is 12.8. The Morgan fingerprint density at radius 3 is 2.69 bits per heavy atom. The number of alkyl halides is 2. The van der Waals surface area contributed by atoms with Crippen molar-refractivity contribution in [2.45, 2.75) is 30.1 Å². The Kier molecular flexibility index (Phi) is 5.55. The average molecular weight is 247 g/mol. The summed E-state index contributed by atoms with van der Waals surface area (Å²) in [7, 11) is 0. The van der Waals surface area contributed by atoms with E-state index in [0.717, 1.165) is 0 Å². The molecule has 0 heterocycles. The minimum atomic E-state index is -2.43. The molecule has 0 aliphatic carbocycles. The van der Waals surface area contributed by atoms with Gasteiger partial charge < -0.3 is 10.4 Å². The van der Waals surface area contributed by atoms with Crippen LogP contribution in [0.2, 0.25) is 0 Å². The van der Waals surface area contributed by atoms with E-state index in [1.54, 1.807) is 24.3 Å². The molecule has 1 aromatic rings. The zero-order chi connectivity index (χ0) is 12.0. The number of aliphatic hydroxyl groups is 1. The van der Waals surface area contributed by atoms with Crippen LogP contribution in [0.1, 0.15) is 13.3 Å². The second kappa shape index (κ2) is 6.70. The Morgan fingerprint density at radius 2 is 2.06 bits per heavy atom. The molecular weight excluding hydrogens is 232 g/mol. The molecule has 0 saturated heterocycles. The van der Waals surface area contributed by atoms with Crippen molar-refractivity contribution in [1.29, 1.82) is 0 Å². The Labute approximate surface area is 98.1 Å². The summed E-state index contributed by atoms with van der Waals surface area (Å²) in [5, 5.41) is 12.3. The van der Waals surface area contributed by atoms with Gasteiger partial charge in [-0.15, -0.1) is 0 Å². The quantitative estimate of drug-likeness (QED) is 0.757. The van der Waals surface area contributed by atoms with E-state index in [2.05, 4.69) is 5.32 Å². The molecule has 16 heavy (non-hydrogen) atoms. The van der Waals surface area contributed by atoms with Gasteiger partial charge in [-0.25, -0.2) is 0 Å². The van der Waals surface area contributed by atoms with E-state index in [9.17, 15) is 13.9 Å². The van der Waals surface area contributed by atoms with E-state index in [1.165, 1.54) is 0 Å². The highest BCUT2D eigenvalue weighted by atomic mass is 32.2. The number of anilines is 1. The highest BCUT2D eigenvalue weighted by Crippen LogP contribution is 2.31. The minimum Gasteiger partial charge on any atom is -0.391 e. The fourth-order valence-corrected chi connectivity index (χ4v) is 1.80. The lowest BCUT2D eigenvalue weighted by molar-refractivity contribution is 0.183. The summed E-state index contributed by atoms with van der Waals surface area (Å²) in [4.78, 5) is 0.501. The fraction of sp³-hybridized carbons (Fsp3) is 0.455. The molecule has 0 aliphatic rings. The van der Waals surface area contributed by atoms with E-state index in [4.69, 9.17) is 0 Å². The molecule has 0 amide bonds. The number of benzene rings is 1. The van der Waals surface area contributed by atoms with Crippen LogP contribution in [0.5, 0.6) is 0 Å². The number of hydrogen-bond acceptors (Lipinski definition) is 3. The highest BCUT2D eigenvalue weighted by Gasteiger charge is 2.09. The van der Waals surface area contributed by atoms with E-state index in [1.807, 2.05) is 6.92 Å². The second-order valence-corrected chi connectivity index (χ2v) is 4.35. The molecule has 0 spiro atoms. The van der Waals surface area contributed by atoms with Crippen molar-refractivity contribution < 1.29 is 13.9 Å². The molecule has 1 rings (SSSR count). The Bertz CT molecular complexity index is 323. The van der Waals surface area contributed by atoms with Gasteiger partial charge in [0.2, 0.25) is 0 Å². The van der Waals surface area contributed by atoms with Gasteiger partial charge in [0.1, 0.15) is 0 Å². The van der Waals surface area contributed by atoms with Gasteiger partial charge in [0.25, 0.3) is 5.76 Å². The van der Waals surface area contributed by atoms with Crippen LogP contribution in [0.3, 0.4) is 0 Å². The summed E-state index contributed by atoms with van der Waals surface area (Å²) in [6.45, 7) is 2.24. The first-order chi connectivity index (χ1) is 7.63. The summed E-state index contributed by atoms with van der Waals surface area (Å²) in [6, 6.07) is 6.85. The summed E-state index contributed by atoms with van der Waals surface area (Å²) in [5.41, 5.74) is 0.639. The summed E-state index contributed by atoms with van der Waals surface area (Å²) >= 11 is 0.507. The van der Waals surface area contributed by atoms with Crippen molar-refractivity contribution in [2.24, 2.45) is 0 Å². The smallest absolute Gasteiger partial charge is 0.288 e. The summed E-state index contributed by atoms with van der Waals surface area (Å²) < 4.78 is 24.5. The molecule has 2 nitrogen and oxygen atoms in total. The van der Waals surface area contributed by atoms with E-state index in [0.29, 0.717) is 35.3 Å². The molecule has 1 atom stereocenters. The molecule has 0 saturated carbocycles. The third-order valence-corrected chi connectivity index (χ3v) is 2.89. The molecule has 1 unspecified atom stereocenters. The maximum atomic E-state index is 12.3. The summed E-state index contributed by atoms with van der Waals surface area (Å²) in [6.07, 6.45) is 0.182. The lowest BCUT2D eigenvalue weighted by Crippen LogP contribution is -2.18. The van der Waals surface area contributed by atoms with Gasteiger partial charge in [-0.2, -0.15) is 8.78 Å². The van der Waals surface area contributed by atoms with Crippen molar-refractivity contribution in [2.75, 3.05) is 11.9 Å². The number of para-hydroxylation sites is 1. The Balaban J connectivity index is 2.63. The number of thioether (sulfide) groups is 1. The van der Waals surface area contributed by atoms with E-state index in [-0.39, 0.29) is 0 Å². The van der Waals surface area contributed by atoms with Crippen LogP contribution in [0.4, 0.5) is 14.5 Å². The first kappa shape index (κ1) is 13.3. The van der Waals surface area contributed by atoms with Crippen molar-refractivity contribution in [1.82, 2.24) is 0 Å². The zero-order valence-electron chi connectivity index (χ0n) is 8.99. The molecule has 0 aliphatic heterocycles. The number of aliphatic hydroxyl groups excluding tert-OH is 1. The van der Waals surface area contributed by atoms with Crippen molar-refractivity contribution in [3.05, 3.63) is 24.3 Å². The monoisotopic (exact) mass is 247 g/mol. The van der Waals surface area contributed by atoms with Gasteiger partial charge in [0.05, 0.1) is 6.10 Å². The maximum absolute atomic E-state index is 12.3. The first-order valence-corrected chi connectivity index (χ1v) is 5.97. The van der Waals surface area contributed by atoms with Crippen molar-refractivity contribution in [3.8, 4) is 0 Å². The molecule has 0 aromatic heterocycles. The van der Waals surface area contributed by atoms with E-state index < -0.39 is 11.9 Å². The van der Waals surface area contributed by atoms with Crippen LogP contribution in [0, 0.1) is 0 Å². The van der Waals surface area contributed by atoms with Gasteiger partial charge >= 0.3 is 0 Å².